The van der Waals surface area contributed by atoms with E-state index < -0.39 is 0 Å². The fourth-order valence-electron chi connectivity index (χ4n) is 6.62. The quantitative estimate of drug-likeness (QED) is 0.141. The van der Waals surface area contributed by atoms with Crippen LogP contribution in [0.1, 0.15) is 16.7 Å². The van der Waals surface area contributed by atoms with Gasteiger partial charge in [0.05, 0.1) is 0 Å². The van der Waals surface area contributed by atoms with Crippen molar-refractivity contribution in [1.29, 1.82) is 0 Å². The van der Waals surface area contributed by atoms with E-state index in [0.717, 1.165) is 11.1 Å². The van der Waals surface area contributed by atoms with Gasteiger partial charge in [-0.25, -0.2) is 0 Å². The second kappa shape index (κ2) is 10.8. The molecular weight excluding hydrogens is 549 g/mol. The van der Waals surface area contributed by atoms with Crippen LogP contribution in [-0.4, -0.2) is 0 Å². The lowest BCUT2D eigenvalue weighted by Crippen LogP contribution is -1.89. The van der Waals surface area contributed by atoms with Gasteiger partial charge in [-0.2, -0.15) is 0 Å². The van der Waals surface area contributed by atoms with Gasteiger partial charge in [-0.15, -0.1) is 11.3 Å². The van der Waals surface area contributed by atoms with Crippen LogP contribution < -0.4 is 0 Å². The number of allylic oxidation sites excluding steroid dienone is 2. The zero-order valence-electron chi connectivity index (χ0n) is 24.5. The molecule has 1 aromatic heterocycles. The van der Waals surface area contributed by atoms with Gasteiger partial charge in [0.1, 0.15) is 0 Å². The minimum atomic E-state index is 0.998. The molecule has 0 radical (unpaired) electrons. The van der Waals surface area contributed by atoms with Crippen molar-refractivity contribution in [2.45, 2.75) is 6.92 Å². The number of fused-ring (bicyclic) bond motifs is 6. The van der Waals surface area contributed by atoms with Crippen molar-refractivity contribution in [1.82, 2.24) is 0 Å². The summed E-state index contributed by atoms with van der Waals surface area (Å²) < 4.78 is 2.66. The largest absolute Gasteiger partial charge is 0.134 e. The first-order valence-corrected chi connectivity index (χ1v) is 15.9. The van der Waals surface area contributed by atoms with Crippen LogP contribution in [0.5, 0.6) is 0 Å². The molecule has 8 rings (SSSR count). The molecule has 7 aromatic carbocycles. The number of hydrogen-bond donors (Lipinski definition) is 0. The highest BCUT2D eigenvalue weighted by molar-refractivity contribution is 7.26. The van der Waals surface area contributed by atoms with Crippen molar-refractivity contribution >= 4 is 64.7 Å². The highest BCUT2D eigenvalue weighted by atomic mass is 32.1. The summed E-state index contributed by atoms with van der Waals surface area (Å²) in [6.07, 6.45) is 4.42. The van der Waals surface area contributed by atoms with E-state index in [4.69, 9.17) is 0 Å². The van der Waals surface area contributed by atoms with E-state index in [1.807, 2.05) is 11.3 Å². The Morgan fingerprint density at radius 1 is 0.523 bits per heavy atom. The van der Waals surface area contributed by atoms with E-state index in [9.17, 15) is 0 Å². The molecule has 0 unspecified atom stereocenters. The topological polar surface area (TPSA) is 0 Å². The van der Waals surface area contributed by atoms with Gasteiger partial charge >= 0.3 is 0 Å². The van der Waals surface area contributed by atoms with Gasteiger partial charge in [-0.1, -0.05) is 152 Å². The molecule has 0 atom stereocenters. The lowest BCUT2D eigenvalue weighted by Gasteiger charge is -2.13. The summed E-state index contributed by atoms with van der Waals surface area (Å²) in [6, 6.07) is 50.3. The molecule has 0 aliphatic heterocycles. The Morgan fingerprint density at radius 3 is 1.75 bits per heavy atom. The zero-order chi connectivity index (χ0) is 29.6. The zero-order valence-corrected chi connectivity index (χ0v) is 25.4. The molecule has 44 heavy (non-hydrogen) atoms. The Bertz CT molecular complexity index is 2400. The fourth-order valence-corrected chi connectivity index (χ4v) is 7.99. The summed E-state index contributed by atoms with van der Waals surface area (Å²) in [6.45, 7) is 6.73. The number of benzene rings is 7. The third-order valence-corrected chi connectivity index (χ3v) is 10.1. The highest BCUT2D eigenvalue weighted by Crippen LogP contribution is 2.44. The van der Waals surface area contributed by atoms with E-state index in [-0.39, 0.29) is 0 Å². The van der Waals surface area contributed by atoms with Crippen molar-refractivity contribution in [2.24, 2.45) is 0 Å². The SMILES string of the molecule is C=C(/C=C\c1c(C)c2ccccc2c2ccccc12)c1cccc(-c2cccc3c2sc2c(-c4ccccc4)cccc23)c1. The second-order valence-corrected chi connectivity index (χ2v) is 12.4. The van der Waals surface area contributed by atoms with Crippen molar-refractivity contribution in [2.75, 3.05) is 0 Å². The maximum absolute atomic E-state index is 4.50. The molecule has 0 N–H and O–H groups in total. The van der Waals surface area contributed by atoms with E-state index in [1.54, 1.807) is 0 Å². The van der Waals surface area contributed by atoms with E-state index in [0.29, 0.717) is 0 Å². The third kappa shape index (κ3) is 4.37. The fraction of sp³-hybridized carbons (Fsp3) is 0.0233. The summed E-state index contributed by atoms with van der Waals surface area (Å²) in [5.74, 6) is 0. The van der Waals surface area contributed by atoms with Crippen molar-refractivity contribution in [3.63, 3.8) is 0 Å². The van der Waals surface area contributed by atoms with Crippen LogP contribution >= 0.6 is 11.3 Å². The average Bonchev–Trinajstić information content (AvgIpc) is 3.48. The molecule has 0 aliphatic carbocycles. The third-order valence-electron chi connectivity index (χ3n) is 8.85. The van der Waals surface area contributed by atoms with E-state index in [1.165, 1.54) is 75.1 Å². The van der Waals surface area contributed by atoms with E-state index >= 15 is 0 Å². The van der Waals surface area contributed by atoms with Gasteiger partial charge in [0.15, 0.2) is 0 Å². The molecule has 0 amide bonds. The molecule has 0 spiro atoms. The summed E-state index contributed by atoms with van der Waals surface area (Å²) in [7, 11) is 0. The Hall–Kier alpha value is -5.24. The Labute approximate surface area is 261 Å². The lowest BCUT2D eigenvalue weighted by atomic mass is 9.91. The van der Waals surface area contributed by atoms with Gasteiger partial charge in [-0.3, -0.25) is 0 Å². The molecule has 0 saturated carbocycles. The predicted octanol–water partition coefficient (Wildman–Crippen LogP) is 12.7. The summed E-state index contributed by atoms with van der Waals surface area (Å²) in [4.78, 5) is 0. The maximum Gasteiger partial charge on any atom is 0.0434 e. The van der Waals surface area contributed by atoms with Gasteiger partial charge < -0.3 is 0 Å². The number of aryl methyl sites for hydroxylation is 1. The molecule has 0 nitrogen and oxygen atoms in total. The number of thiophene rings is 1. The molecule has 1 heterocycles. The molecular formula is C43H30S. The monoisotopic (exact) mass is 578 g/mol. The van der Waals surface area contributed by atoms with Crippen molar-refractivity contribution in [3.8, 4) is 22.3 Å². The van der Waals surface area contributed by atoms with Gasteiger partial charge in [0, 0.05) is 20.2 Å². The maximum atomic E-state index is 4.50. The normalized spacial score (nSPS) is 11.8. The van der Waals surface area contributed by atoms with Crippen LogP contribution in [0.3, 0.4) is 0 Å². The molecule has 1 heteroatoms. The van der Waals surface area contributed by atoms with Crippen LogP contribution in [0.25, 0.3) is 75.6 Å². The van der Waals surface area contributed by atoms with Crippen LogP contribution in [0.4, 0.5) is 0 Å². The average molecular weight is 579 g/mol. The van der Waals surface area contributed by atoms with Gasteiger partial charge in [-0.05, 0) is 79.1 Å². The van der Waals surface area contributed by atoms with Crippen LogP contribution in [0, 0.1) is 6.92 Å². The smallest absolute Gasteiger partial charge is 0.0434 e. The van der Waals surface area contributed by atoms with Crippen LogP contribution in [0.2, 0.25) is 0 Å². The van der Waals surface area contributed by atoms with Crippen LogP contribution in [-0.2, 0) is 0 Å². The van der Waals surface area contributed by atoms with Crippen LogP contribution in [0.15, 0.2) is 152 Å². The molecule has 0 bridgehead atoms. The molecule has 0 fully saturated rings. The minimum absolute atomic E-state index is 0.998. The van der Waals surface area contributed by atoms with Gasteiger partial charge in [0.2, 0.25) is 0 Å². The lowest BCUT2D eigenvalue weighted by molar-refractivity contribution is 1.52. The first-order valence-electron chi connectivity index (χ1n) is 15.0. The molecule has 208 valence electrons. The van der Waals surface area contributed by atoms with Crippen molar-refractivity contribution < 1.29 is 0 Å². The van der Waals surface area contributed by atoms with E-state index in [2.05, 4.69) is 165 Å². The number of rotatable bonds is 5. The molecule has 0 aliphatic rings. The minimum Gasteiger partial charge on any atom is -0.134 e. The first kappa shape index (κ1) is 26.4. The highest BCUT2D eigenvalue weighted by Gasteiger charge is 2.14. The second-order valence-electron chi connectivity index (χ2n) is 11.4. The predicted molar refractivity (Wildman–Crippen MR) is 194 cm³/mol. The Morgan fingerprint density at radius 2 is 1.05 bits per heavy atom. The number of hydrogen-bond acceptors (Lipinski definition) is 1. The Balaban J connectivity index is 1.20. The first-order chi connectivity index (χ1) is 21.7. The summed E-state index contributed by atoms with van der Waals surface area (Å²) >= 11 is 1.89. The molecule has 0 saturated heterocycles. The van der Waals surface area contributed by atoms with Gasteiger partial charge in [0.25, 0.3) is 0 Å². The summed E-state index contributed by atoms with van der Waals surface area (Å²) in [5.41, 5.74) is 9.69. The Kier molecular flexibility index (Phi) is 6.47. The molecule has 8 aromatic rings. The summed E-state index contributed by atoms with van der Waals surface area (Å²) in [5, 5.41) is 7.78. The standard InChI is InChI=1S/C43H30S/c1-28(25-26-34-29(2)33-17-6-7-18-37(33)39-20-9-8-19-38(34)39)31-15-10-16-32(27-31)36-22-12-24-41-40-23-11-21-35(42(40)44-43(36)41)30-13-4-3-5-14-30/h3-27H,1H2,2H3/b26-25-. The van der Waals surface area contributed by atoms with Crippen molar-refractivity contribution in [3.05, 3.63) is 169 Å².